The van der Waals surface area contributed by atoms with E-state index >= 15 is 0 Å². The van der Waals surface area contributed by atoms with Crippen molar-refractivity contribution in [3.8, 4) is 5.75 Å². The molecule has 1 aromatic rings. The summed E-state index contributed by atoms with van der Waals surface area (Å²) < 4.78 is 19.1. The van der Waals surface area contributed by atoms with Crippen molar-refractivity contribution in [2.75, 3.05) is 19.7 Å². The maximum atomic E-state index is 13.0. The molecule has 0 heterocycles. The van der Waals surface area contributed by atoms with Crippen LogP contribution in [0.5, 0.6) is 5.75 Å². The molecule has 2 N–H and O–H groups in total. The predicted octanol–water partition coefficient (Wildman–Crippen LogP) is 2.33. The van der Waals surface area contributed by atoms with Gasteiger partial charge in [-0.2, -0.15) is 0 Å². The Hall–Kier alpha value is -0.650. The topological polar surface area (TPSA) is 41.5 Å². The Kier molecular flexibility index (Phi) is 5.36. The summed E-state index contributed by atoms with van der Waals surface area (Å²) in [5, 5.41) is 13.0. The highest BCUT2D eigenvalue weighted by Crippen LogP contribution is 2.26. The van der Waals surface area contributed by atoms with Gasteiger partial charge in [0.25, 0.3) is 0 Å². The number of rotatable bonds is 6. The normalized spacial score (nSPS) is 14.4. The lowest BCUT2D eigenvalue weighted by Crippen LogP contribution is -2.42. The van der Waals surface area contributed by atoms with Crippen LogP contribution in [0.25, 0.3) is 0 Å². The molecule has 3 nitrogen and oxygen atoms in total. The number of aliphatic hydroxyl groups is 1. The average Bonchev–Trinajstić information content (AvgIpc) is 2.28. The summed E-state index contributed by atoms with van der Waals surface area (Å²) in [7, 11) is 0. The minimum absolute atomic E-state index is 0.0993. The quantitative estimate of drug-likeness (QED) is 0.847. The number of hydrogen-bond acceptors (Lipinski definition) is 3. The summed E-state index contributed by atoms with van der Waals surface area (Å²) in [6.07, 6.45) is 0. The van der Waals surface area contributed by atoms with Crippen molar-refractivity contribution < 1.29 is 14.2 Å². The van der Waals surface area contributed by atoms with E-state index in [1.54, 1.807) is 13.0 Å². The third kappa shape index (κ3) is 5.02. The van der Waals surface area contributed by atoms with Crippen LogP contribution in [-0.4, -0.2) is 30.4 Å². The molecule has 0 bridgehead atoms. The van der Waals surface area contributed by atoms with Gasteiger partial charge < -0.3 is 15.2 Å². The predicted molar refractivity (Wildman–Crippen MR) is 68.8 cm³/mol. The standard InChI is InChI=1S/C12H17BrFNO2/c1-3-15-7-12(2,16)8-17-11-6-9(14)4-5-10(11)13/h4-6,15-16H,3,7-8H2,1-2H3. The first-order valence-electron chi connectivity index (χ1n) is 5.45. The third-order valence-electron chi connectivity index (χ3n) is 2.19. The molecule has 0 spiro atoms. The van der Waals surface area contributed by atoms with Crippen LogP contribution in [-0.2, 0) is 0 Å². The average molecular weight is 306 g/mol. The van der Waals surface area contributed by atoms with E-state index in [4.69, 9.17) is 4.74 Å². The summed E-state index contributed by atoms with van der Waals surface area (Å²) in [5.41, 5.74) is -0.984. The molecule has 96 valence electrons. The zero-order chi connectivity index (χ0) is 12.9. The van der Waals surface area contributed by atoms with E-state index in [0.29, 0.717) is 16.8 Å². The van der Waals surface area contributed by atoms with Crippen molar-refractivity contribution >= 4 is 15.9 Å². The SMILES string of the molecule is CCNCC(C)(O)COc1cc(F)ccc1Br. The first-order valence-corrected chi connectivity index (χ1v) is 6.25. The molecule has 5 heteroatoms. The fourth-order valence-electron chi connectivity index (χ4n) is 1.27. The van der Waals surface area contributed by atoms with E-state index in [-0.39, 0.29) is 12.4 Å². The first-order chi connectivity index (χ1) is 7.94. The monoisotopic (exact) mass is 305 g/mol. The number of halogens is 2. The molecule has 0 aliphatic rings. The largest absolute Gasteiger partial charge is 0.489 e. The van der Waals surface area contributed by atoms with Gasteiger partial charge in [0.2, 0.25) is 0 Å². The molecular formula is C12H17BrFNO2. The highest BCUT2D eigenvalue weighted by molar-refractivity contribution is 9.10. The fourth-order valence-corrected chi connectivity index (χ4v) is 1.63. The summed E-state index contributed by atoms with van der Waals surface area (Å²) in [6, 6.07) is 4.20. The molecule has 1 aromatic carbocycles. The van der Waals surface area contributed by atoms with Crippen molar-refractivity contribution in [1.29, 1.82) is 0 Å². The van der Waals surface area contributed by atoms with Gasteiger partial charge in [0.05, 0.1) is 4.47 Å². The van der Waals surface area contributed by atoms with E-state index in [1.807, 2.05) is 6.92 Å². The number of hydrogen-bond donors (Lipinski definition) is 2. The number of ether oxygens (including phenoxy) is 1. The van der Waals surface area contributed by atoms with Gasteiger partial charge in [-0.25, -0.2) is 4.39 Å². The Bertz CT molecular complexity index is 372. The van der Waals surface area contributed by atoms with E-state index in [0.717, 1.165) is 6.54 Å². The Labute approximate surface area is 109 Å². The van der Waals surface area contributed by atoms with Crippen LogP contribution >= 0.6 is 15.9 Å². The van der Waals surface area contributed by atoms with Gasteiger partial charge >= 0.3 is 0 Å². The van der Waals surface area contributed by atoms with Crippen LogP contribution in [0.3, 0.4) is 0 Å². The van der Waals surface area contributed by atoms with Gasteiger partial charge in [0, 0.05) is 12.6 Å². The van der Waals surface area contributed by atoms with Crippen LogP contribution in [0.15, 0.2) is 22.7 Å². The van der Waals surface area contributed by atoms with Gasteiger partial charge in [-0.1, -0.05) is 6.92 Å². The highest BCUT2D eigenvalue weighted by Gasteiger charge is 2.21. The third-order valence-corrected chi connectivity index (χ3v) is 2.84. The molecule has 1 unspecified atom stereocenters. The Balaban J connectivity index is 2.57. The smallest absolute Gasteiger partial charge is 0.136 e. The molecule has 0 amide bonds. The first kappa shape index (κ1) is 14.4. The molecule has 0 aromatic heterocycles. The molecule has 0 radical (unpaired) electrons. The van der Waals surface area contributed by atoms with Crippen molar-refractivity contribution in [2.24, 2.45) is 0 Å². The molecule has 0 saturated carbocycles. The molecule has 1 atom stereocenters. The van der Waals surface area contributed by atoms with E-state index in [9.17, 15) is 9.50 Å². The van der Waals surface area contributed by atoms with Gasteiger partial charge in [-0.15, -0.1) is 0 Å². The van der Waals surface area contributed by atoms with Crippen LogP contribution in [0.4, 0.5) is 4.39 Å². The zero-order valence-electron chi connectivity index (χ0n) is 9.96. The van der Waals surface area contributed by atoms with Crippen LogP contribution in [0, 0.1) is 5.82 Å². The molecule has 17 heavy (non-hydrogen) atoms. The maximum absolute atomic E-state index is 13.0. The van der Waals surface area contributed by atoms with Gasteiger partial charge in [-0.05, 0) is 41.5 Å². The lowest BCUT2D eigenvalue weighted by atomic mass is 10.1. The maximum Gasteiger partial charge on any atom is 0.136 e. The Morgan fingerprint density at radius 3 is 2.88 bits per heavy atom. The van der Waals surface area contributed by atoms with Crippen LogP contribution in [0.1, 0.15) is 13.8 Å². The van der Waals surface area contributed by atoms with Gasteiger partial charge in [0.1, 0.15) is 23.8 Å². The summed E-state index contributed by atoms with van der Waals surface area (Å²) in [5.74, 6) is 0.0244. The second-order valence-corrected chi connectivity index (χ2v) is 5.00. The molecule has 0 aliphatic carbocycles. The number of nitrogens with one attached hydrogen (secondary N) is 1. The van der Waals surface area contributed by atoms with Crippen molar-refractivity contribution in [3.63, 3.8) is 0 Å². The molecule has 0 aliphatic heterocycles. The second-order valence-electron chi connectivity index (χ2n) is 4.14. The number of likely N-dealkylation sites (N-methyl/N-ethyl adjacent to an activating group) is 1. The van der Waals surface area contributed by atoms with Gasteiger partial charge in [-0.3, -0.25) is 0 Å². The Morgan fingerprint density at radius 1 is 1.53 bits per heavy atom. The number of benzene rings is 1. The van der Waals surface area contributed by atoms with E-state index in [1.165, 1.54) is 12.1 Å². The molecule has 0 saturated heterocycles. The fraction of sp³-hybridized carbons (Fsp3) is 0.500. The van der Waals surface area contributed by atoms with Crippen molar-refractivity contribution in [3.05, 3.63) is 28.5 Å². The van der Waals surface area contributed by atoms with Gasteiger partial charge in [0.15, 0.2) is 0 Å². The minimum atomic E-state index is -0.984. The van der Waals surface area contributed by atoms with E-state index < -0.39 is 5.60 Å². The summed E-state index contributed by atoms with van der Waals surface area (Å²) in [6.45, 7) is 4.93. The van der Waals surface area contributed by atoms with Crippen molar-refractivity contribution in [2.45, 2.75) is 19.4 Å². The summed E-state index contributed by atoms with van der Waals surface area (Å²) in [4.78, 5) is 0. The Morgan fingerprint density at radius 2 is 2.24 bits per heavy atom. The molecule has 0 fully saturated rings. The molecular weight excluding hydrogens is 289 g/mol. The van der Waals surface area contributed by atoms with Crippen molar-refractivity contribution in [1.82, 2.24) is 5.32 Å². The molecule has 1 rings (SSSR count). The van der Waals surface area contributed by atoms with Crippen LogP contribution < -0.4 is 10.1 Å². The van der Waals surface area contributed by atoms with Crippen LogP contribution in [0.2, 0.25) is 0 Å². The van der Waals surface area contributed by atoms with E-state index in [2.05, 4.69) is 21.2 Å². The lowest BCUT2D eigenvalue weighted by molar-refractivity contribution is 0.0124. The summed E-state index contributed by atoms with van der Waals surface area (Å²) >= 11 is 3.26. The lowest BCUT2D eigenvalue weighted by Gasteiger charge is -2.24. The second kappa shape index (κ2) is 6.33. The highest BCUT2D eigenvalue weighted by atomic mass is 79.9. The zero-order valence-corrected chi connectivity index (χ0v) is 11.6. The minimum Gasteiger partial charge on any atom is -0.489 e.